The molecule has 0 fully saturated rings. The molecule has 2 heterocycles. The third-order valence-corrected chi connectivity index (χ3v) is 4.80. The highest BCUT2D eigenvalue weighted by Crippen LogP contribution is 2.36. The Bertz CT molecular complexity index is 995. The molecule has 0 bridgehead atoms. The number of aryl methyl sites for hydroxylation is 1. The number of nitrogens with zero attached hydrogens (tertiary/aromatic N) is 2. The van der Waals surface area contributed by atoms with Crippen LogP contribution in [0.2, 0.25) is 0 Å². The Labute approximate surface area is 172 Å². The Balaban J connectivity index is 1.76. The van der Waals surface area contributed by atoms with Crippen LogP contribution < -0.4 is 9.47 Å². The SMILES string of the molecule is COCCn1c(C)cc(C(=O)COC(=O)c2cc3c(cc2[N+](=O)[O-])OCCO3)c1C. The lowest BCUT2D eigenvalue weighted by Gasteiger charge is -2.18. The number of methoxy groups -OCH3 is 1. The average molecular weight is 418 g/mol. The number of Topliss-reactive ketones (excluding diaryl/α,β-unsaturated/α-hetero) is 1. The topological polar surface area (TPSA) is 119 Å². The zero-order valence-corrected chi connectivity index (χ0v) is 16.9. The van der Waals surface area contributed by atoms with Gasteiger partial charge in [0.2, 0.25) is 5.78 Å². The van der Waals surface area contributed by atoms with E-state index >= 15 is 0 Å². The number of nitro benzene ring substituents is 1. The lowest BCUT2D eigenvalue weighted by Crippen LogP contribution is -2.19. The van der Waals surface area contributed by atoms with Crippen LogP contribution in [0, 0.1) is 24.0 Å². The molecular formula is C20H22N2O8. The number of hydrogen-bond donors (Lipinski definition) is 0. The van der Waals surface area contributed by atoms with Gasteiger partial charge in [-0.2, -0.15) is 0 Å². The van der Waals surface area contributed by atoms with Gasteiger partial charge in [0.15, 0.2) is 18.1 Å². The molecule has 2 aromatic rings. The average Bonchev–Trinajstić information content (AvgIpc) is 3.02. The van der Waals surface area contributed by atoms with Crippen molar-refractivity contribution in [2.24, 2.45) is 0 Å². The minimum Gasteiger partial charge on any atom is -0.486 e. The van der Waals surface area contributed by atoms with Crippen LogP contribution in [0.3, 0.4) is 0 Å². The third kappa shape index (κ3) is 4.28. The van der Waals surface area contributed by atoms with E-state index in [2.05, 4.69) is 0 Å². The van der Waals surface area contributed by atoms with Crippen molar-refractivity contribution in [3.8, 4) is 11.5 Å². The summed E-state index contributed by atoms with van der Waals surface area (Å²) in [6.45, 7) is 4.71. The van der Waals surface area contributed by atoms with Crippen molar-refractivity contribution in [2.45, 2.75) is 20.4 Å². The maximum absolute atomic E-state index is 12.6. The number of carbonyl (C=O) groups excluding carboxylic acids is 2. The highest BCUT2D eigenvalue weighted by Gasteiger charge is 2.28. The predicted octanol–water partition coefficient (Wildman–Crippen LogP) is 2.47. The molecule has 0 unspecified atom stereocenters. The van der Waals surface area contributed by atoms with Gasteiger partial charge in [-0.3, -0.25) is 14.9 Å². The molecule has 30 heavy (non-hydrogen) atoms. The Morgan fingerprint density at radius 1 is 1.13 bits per heavy atom. The lowest BCUT2D eigenvalue weighted by molar-refractivity contribution is -0.385. The first-order valence-electron chi connectivity index (χ1n) is 9.27. The Hall–Kier alpha value is -3.40. The zero-order chi connectivity index (χ0) is 21.8. The number of esters is 1. The molecule has 0 aliphatic carbocycles. The summed E-state index contributed by atoms with van der Waals surface area (Å²) in [5, 5.41) is 11.4. The number of rotatable bonds is 8. The van der Waals surface area contributed by atoms with Gasteiger partial charge < -0.3 is 23.5 Å². The summed E-state index contributed by atoms with van der Waals surface area (Å²) in [6.07, 6.45) is 0. The fourth-order valence-corrected chi connectivity index (χ4v) is 3.29. The third-order valence-electron chi connectivity index (χ3n) is 4.80. The van der Waals surface area contributed by atoms with Gasteiger partial charge in [0, 0.05) is 36.7 Å². The number of carbonyl (C=O) groups is 2. The summed E-state index contributed by atoms with van der Waals surface area (Å²) in [6, 6.07) is 4.04. The van der Waals surface area contributed by atoms with Crippen molar-refractivity contribution >= 4 is 17.4 Å². The van der Waals surface area contributed by atoms with E-state index in [-0.39, 0.29) is 30.3 Å². The van der Waals surface area contributed by atoms with Gasteiger partial charge in [-0.25, -0.2) is 4.79 Å². The van der Waals surface area contributed by atoms with Gasteiger partial charge in [0.1, 0.15) is 18.8 Å². The second-order valence-electron chi connectivity index (χ2n) is 6.70. The number of hydrogen-bond acceptors (Lipinski definition) is 8. The lowest BCUT2D eigenvalue weighted by atomic mass is 10.1. The van der Waals surface area contributed by atoms with Gasteiger partial charge in [-0.15, -0.1) is 0 Å². The summed E-state index contributed by atoms with van der Waals surface area (Å²) in [4.78, 5) is 35.7. The van der Waals surface area contributed by atoms with E-state index in [1.807, 2.05) is 11.5 Å². The molecule has 10 heteroatoms. The smallest absolute Gasteiger partial charge is 0.345 e. The summed E-state index contributed by atoms with van der Waals surface area (Å²) in [5.41, 5.74) is 1.25. The number of benzene rings is 1. The van der Waals surface area contributed by atoms with Crippen LogP contribution in [0.15, 0.2) is 18.2 Å². The molecule has 10 nitrogen and oxygen atoms in total. The summed E-state index contributed by atoms with van der Waals surface area (Å²) in [5.74, 6) is -0.989. The second-order valence-corrected chi connectivity index (χ2v) is 6.70. The standard InChI is InChI=1S/C20H22N2O8/c1-12-8-14(13(2)21(12)4-5-27-3)17(23)11-30-20(24)15-9-18-19(29-7-6-28-18)10-16(15)22(25)26/h8-10H,4-7,11H2,1-3H3. The first kappa shape index (κ1) is 21.3. The van der Waals surface area contributed by atoms with E-state index in [1.165, 1.54) is 6.07 Å². The van der Waals surface area contributed by atoms with Crippen LogP contribution in [0.1, 0.15) is 32.1 Å². The molecule has 0 N–H and O–H groups in total. The van der Waals surface area contributed by atoms with Crippen molar-refractivity contribution in [1.82, 2.24) is 4.57 Å². The van der Waals surface area contributed by atoms with Crippen LogP contribution >= 0.6 is 0 Å². The summed E-state index contributed by atoms with van der Waals surface area (Å²) < 4.78 is 22.8. The molecule has 0 radical (unpaired) electrons. The minimum absolute atomic E-state index is 0.184. The number of aromatic nitrogens is 1. The van der Waals surface area contributed by atoms with E-state index in [9.17, 15) is 19.7 Å². The van der Waals surface area contributed by atoms with Crippen molar-refractivity contribution in [3.05, 3.63) is 50.8 Å². The maximum Gasteiger partial charge on any atom is 0.345 e. The van der Waals surface area contributed by atoms with E-state index in [1.54, 1.807) is 20.1 Å². The normalized spacial score (nSPS) is 12.5. The van der Waals surface area contributed by atoms with Crippen LogP contribution in [0.5, 0.6) is 11.5 Å². The number of ether oxygens (including phenoxy) is 4. The number of fused-ring (bicyclic) bond motifs is 1. The van der Waals surface area contributed by atoms with Crippen LogP contribution in [0.25, 0.3) is 0 Å². The van der Waals surface area contributed by atoms with Crippen molar-refractivity contribution < 1.29 is 33.5 Å². The molecule has 1 aromatic heterocycles. The first-order chi connectivity index (χ1) is 14.3. The number of ketones is 1. The van der Waals surface area contributed by atoms with Gasteiger partial charge in [0.05, 0.1) is 17.6 Å². The molecule has 0 spiro atoms. The van der Waals surface area contributed by atoms with Gasteiger partial charge >= 0.3 is 5.97 Å². The van der Waals surface area contributed by atoms with Gasteiger partial charge in [-0.05, 0) is 19.9 Å². The minimum atomic E-state index is -0.986. The van der Waals surface area contributed by atoms with E-state index in [0.29, 0.717) is 18.7 Å². The van der Waals surface area contributed by atoms with Gasteiger partial charge in [0.25, 0.3) is 5.69 Å². The Morgan fingerprint density at radius 2 is 1.80 bits per heavy atom. The fraction of sp³-hybridized carbons (Fsp3) is 0.400. The van der Waals surface area contributed by atoms with Crippen LogP contribution in [0.4, 0.5) is 5.69 Å². The molecule has 1 aromatic carbocycles. The van der Waals surface area contributed by atoms with Crippen LogP contribution in [-0.2, 0) is 16.0 Å². The molecule has 0 atom stereocenters. The molecule has 1 aliphatic rings. The summed E-state index contributed by atoms with van der Waals surface area (Å²) in [7, 11) is 1.59. The maximum atomic E-state index is 12.6. The summed E-state index contributed by atoms with van der Waals surface area (Å²) >= 11 is 0. The Morgan fingerprint density at radius 3 is 2.43 bits per heavy atom. The second kappa shape index (κ2) is 8.95. The fourth-order valence-electron chi connectivity index (χ4n) is 3.29. The largest absolute Gasteiger partial charge is 0.486 e. The molecule has 1 aliphatic heterocycles. The first-order valence-corrected chi connectivity index (χ1v) is 9.27. The molecule has 0 amide bonds. The molecule has 0 saturated carbocycles. The quantitative estimate of drug-likeness (QED) is 0.278. The van der Waals surface area contributed by atoms with E-state index in [0.717, 1.165) is 17.5 Å². The monoisotopic (exact) mass is 418 g/mol. The van der Waals surface area contributed by atoms with Crippen molar-refractivity contribution in [2.75, 3.05) is 33.5 Å². The highest BCUT2D eigenvalue weighted by molar-refractivity contribution is 6.01. The van der Waals surface area contributed by atoms with Crippen LogP contribution in [-0.4, -0.2) is 54.8 Å². The Kier molecular flexibility index (Phi) is 6.36. The van der Waals surface area contributed by atoms with Gasteiger partial charge in [-0.1, -0.05) is 0 Å². The van der Waals surface area contributed by atoms with Crippen molar-refractivity contribution in [3.63, 3.8) is 0 Å². The molecular weight excluding hydrogens is 396 g/mol. The molecule has 160 valence electrons. The predicted molar refractivity (Wildman–Crippen MR) is 104 cm³/mol. The molecule has 0 saturated heterocycles. The zero-order valence-electron chi connectivity index (χ0n) is 16.9. The number of nitro groups is 1. The van der Waals surface area contributed by atoms with E-state index in [4.69, 9.17) is 18.9 Å². The highest BCUT2D eigenvalue weighted by atomic mass is 16.6. The van der Waals surface area contributed by atoms with Crippen molar-refractivity contribution in [1.29, 1.82) is 0 Å². The van der Waals surface area contributed by atoms with E-state index < -0.39 is 29.0 Å². The molecule has 3 rings (SSSR count).